The number of aromatic amines is 2. The third-order valence-electron chi connectivity index (χ3n) is 3.11. The van der Waals surface area contributed by atoms with E-state index in [4.69, 9.17) is 0 Å². The van der Waals surface area contributed by atoms with Crippen molar-refractivity contribution in [3.05, 3.63) is 39.3 Å². The molecule has 2 aromatic rings. The number of halogens is 2. The summed E-state index contributed by atoms with van der Waals surface area (Å²) in [6.45, 7) is 6.38. The quantitative estimate of drug-likeness (QED) is 0.684. The van der Waals surface area contributed by atoms with Gasteiger partial charge in [-0.1, -0.05) is 0 Å². The minimum Gasteiger partial charge on any atom is -0.355 e. The van der Waals surface area contributed by atoms with Crippen LogP contribution in [0, 0.1) is 20.8 Å². The molecule has 6 nitrogen and oxygen atoms in total. The van der Waals surface area contributed by atoms with E-state index in [1.54, 1.807) is 25.0 Å². The van der Waals surface area contributed by atoms with Crippen LogP contribution in [0.2, 0.25) is 0 Å². The van der Waals surface area contributed by atoms with E-state index < -0.39 is 0 Å². The Morgan fingerprint density at radius 2 is 2.00 bits per heavy atom. The van der Waals surface area contributed by atoms with Crippen LogP contribution in [0.1, 0.15) is 22.6 Å². The van der Waals surface area contributed by atoms with Crippen LogP contribution in [-0.2, 0) is 5.75 Å². The van der Waals surface area contributed by atoms with Crippen LogP contribution in [-0.4, -0.2) is 32.2 Å². The van der Waals surface area contributed by atoms with Gasteiger partial charge >= 0.3 is 0 Å². The molecule has 2 aromatic heterocycles. The lowest BCUT2D eigenvalue weighted by Crippen LogP contribution is -2.18. The van der Waals surface area contributed by atoms with E-state index in [0.29, 0.717) is 11.5 Å². The summed E-state index contributed by atoms with van der Waals surface area (Å²) in [7, 11) is 0. The molecule has 0 spiro atoms. The van der Waals surface area contributed by atoms with Gasteiger partial charge < -0.3 is 10.3 Å². The first-order chi connectivity index (χ1) is 9.58. The highest BCUT2D eigenvalue weighted by atomic mass is 35.5. The molecule has 9 heteroatoms. The number of nitrogens with zero attached hydrogens (tertiary/aromatic N) is 2. The van der Waals surface area contributed by atoms with Crippen molar-refractivity contribution in [2.75, 3.05) is 17.6 Å². The van der Waals surface area contributed by atoms with Crippen molar-refractivity contribution in [3.8, 4) is 0 Å². The normalized spacial score (nSPS) is 9.77. The molecule has 0 amide bonds. The van der Waals surface area contributed by atoms with Crippen molar-refractivity contribution in [2.24, 2.45) is 0 Å². The highest BCUT2D eigenvalue weighted by Gasteiger charge is 2.03. The van der Waals surface area contributed by atoms with Crippen LogP contribution in [0.25, 0.3) is 0 Å². The maximum atomic E-state index is 11.6. The van der Waals surface area contributed by atoms with Crippen LogP contribution < -0.4 is 10.9 Å². The van der Waals surface area contributed by atoms with Crippen LogP contribution >= 0.6 is 36.6 Å². The minimum atomic E-state index is -0.0835. The van der Waals surface area contributed by atoms with E-state index in [1.807, 2.05) is 13.8 Å². The second-order valence-corrected chi connectivity index (χ2v) is 5.68. The van der Waals surface area contributed by atoms with Crippen molar-refractivity contribution in [1.82, 2.24) is 19.9 Å². The van der Waals surface area contributed by atoms with E-state index in [0.717, 1.165) is 35.1 Å². The molecule has 0 aliphatic heterocycles. The molecule has 124 valence electrons. The number of thioether (sulfide) groups is 1. The average molecular weight is 366 g/mol. The number of nitrogens with one attached hydrogen (secondary N) is 3. The molecule has 0 saturated carbocycles. The largest absolute Gasteiger partial charge is 0.355 e. The van der Waals surface area contributed by atoms with Crippen LogP contribution in [0.5, 0.6) is 0 Å². The Morgan fingerprint density at radius 3 is 2.59 bits per heavy atom. The summed E-state index contributed by atoms with van der Waals surface area (Å²) in [5, 5.41) is 3.13. The maximum absolute atomic E-state index is 11.6. The Balaban J connectivity index is 0.00000220. The van der Waals surface area contributed by atoms with Crippen LogP contribution in [0.3, 0.4) is 0 Å². The Bertz CT molecular complexity index is 644. The first kappa shape index (κ1) is 20.8. The zero-order chi connectivity index (χ0) is 14.5. The van der Waals surface area contributed by atoms with Crippen molar-refractivity contribution in [2.45, 2.75) is 26.5 Å². The molecule has 0 fully saturated rings. The molecule has 2 rings (SSSR count). The fourth-order valence-corrected chi connectivity index (χ4v) is 2.55. The number of rotatable bonds is 6. The fraction of sp³-hybridized carbons (Fsp3) is 0.462. The summed E-state index contributed by atoms with van der Waals surface area (Å²) < 4.78 is 0. The summed E-state index contributed by atoms with van der Waals surface area (Å²) in [4.78, 5) is 25.9. The van der Waals surface area contributed by atoms with Gasteiger partial charge in [-0.3, -0.25) is 9.78 Å². The molecule has 0 aromatic carbocycles. The maximum Gasteiger partial charge on any atom is 0.255 e. The van der Waals surface area contributed by atoms with Crippen molar-refractivity contribution in [1.29, 1.82) is 0 Å². The lowest BCUT2D eigenvalue weighted by atomic mass is 10.3. The molecule has 0 bridgehead atoms. The number of hydrogen-bond acceptors (Lipinski definition) is 5. The molecule has 0 aliphatic carbocycles. The van der Waals surface area contributed by atoms with E-state index >= 15 is 0 Å². The molecule has 3 N–H and O–H groups in total. The third kappa shape index (κ3) is 5.55. The lowest BCUT2D eigenvalue weighted by molar-refractivity contribution is 1.000. The average Bonchev–Trinajstić information content (AvgIpc) is 2.81. The number of aryl methyl sites for hydroxylation is 2. The van der Waals surface area contributed by atoms with E-state index in [9.17, 15) is 4.79 Å². The molecule has 0 saturated heterocycles. The molecule has 0 atom stereocenters. The van der Waals surface area contributed by atoms with Gasteiger partial charge in [-0.2, -0.15) is 11.8 Å². The van der Waals surface area contributed by atoms with Gasteiger partial charge in [0.1, 0.15) is 0 Å². The molecular weight excluding hydrogens is 345 g/mol. The van der Waals surface area contributed by atoms with Crippen LogP contribution in [0.4, 0.5) is 5.95 Å². The van der Waals surface area contributed by atoms with E-state index in [1.165, 1.54) is 0 Å². The standard InChI is InChI=1S/C13H19N5OS.2ClH/c1-8-9(2)17-13(18-12(8)19)14-4-5-20-6-11-10(3)15-7-16-11;;/h7H,4-6H2,1-3H3,(H,15,16)(H2,14,17,18,19);2*1H. The zero-order valence-corrected chi connectivity index (χ0v) is 15.2. The molecule has 0 unspecified atom stereocenters. The topological polar surface area (TPSA) is 86.5 Å². The fourth-order valence-electron chi connectivity index (χ4n) is 1.67. The summed E-state index contributed by atoms with van der Waals surface area (Å²) in [6, 6.07) is 0. The van der Waals surface area contributed by atoms with E-state index in [-0.39, 0.29) is 30.4 Å². The number of anilines is 1. The predicted octanol–water partition coefficient (Wildman–Crippen LogP) is 2.61. The monoisotopic (exact) mass is 365 g/mol. The van der Waals surface area contributed by atoms with E-state index in [2.05, 4.69) is 25.3 Å². The van der Waals surface area contributed by atoms with Gasteiger partial charge in [0.2, 0.25) is 5.95 Å². The highest BCUT2D eigenvalue weighted by Crippen LogP contribution is 2.12. The SMILES string of the molecule is Cc1nc(NCCSCc2nc[nH]c2C)[nH]c(=O)c1C.Cl.Cl. The molecule has 0 radical (unpaired) electrons. The Hall–Kier alpha value is -1.18. The van der Waals surface area contributed by atoms with Gasteiger partial charge in [-0.15, -0.1) is 24.8 Å². The second kappa shape index (κ2) is 9.76. The Kier molecular flexibility index (Phi) is 9.24. The number of aromatic nitrogens is 4. The van der Waals surface area contributed by atoms with Gasteiger partial charge in [0, 0.05) is 35.0 Å². The van der Waals surface area contributed by atoms with Gasteiger partial charge in [-0.25, -0.2) is 9.97 Å². The first-order valence-corrected chi connectivity index (χ1v) is 7.61. The smallest absolute Gasteiger partial charge is 0.255 e. The minimum absolute atomic E-state index is 0. The Morgan fingerprint density at radius 1 is 1.27 bits per heavy atom. The predicted molar refractivity (Wildman–Crippen MR) is 96.8 cm³/mol. The van der Waals surface area contributed by atoms with Crippen molar-refractivity contribution >= 4 is 42.5 Å². The van der Waals surface area contributed by atoms with Crippen molar-refractivity contribution < 1.29 is 0 Å². The molecule has 0 aliphatic rings. The summed E-state index contributed by atoms with van der Waals surface area (Å²) in [5.74, 6) is 2.34. The molecule has 22 heavy (non-hydrogen) atoms. The second-order valence-electron chi connectivity index (χ2n) is 4.58. The molecule has 2 heterocycles. The highest BCUT2D eigenvalue weighted by molar-refractivity contribution is 7.98. The van der Waals surface area contributed by atoms with Gasteiger partial charge in [0.05, 0.1) is 12.0 Å². The summed E-state index contributed by atoms with van der Waals surface area (Å²) in [6.07, 6.45) is 1.72. The van der Waals surface area contributed by atoms with Gasteiger partial charge in [0.15, 0.2) is 0 Å². The number of hydrogen-bond donors (Lipinski definition) is 3. The Labute approximate surface area is 146 Å². The van der Waals surface area contributed by atoms with Crippen molar-refractivity contribution in [3.63, 3.8) is 0 Å². The van der Waals surface area contributed by atoms with Gasteiger partial charge in [0.25, 0.3) is 5.56 Å². The van der Waals surface area contributed by atoms with Gasteiger partial charge in [-0.05, 0) is 20.8 Å². The lowest BCUT2D eigenvalue weighted by Gasteiger charge is -2.07. The number of H-pyrrole nitrogens is 2. The first-order valence-electron chi connectivity index (χ1n) is 6.46. The van der Waals surface area contributed by atoms with Crippen LogP contribution in [0.15, 0.2) is 11.1 Å². The summed E-state index contributed by atoms with van der Waals surface area (Å²) >= 11 is 1.79. The third-order valence-corrected chi connectivity index (χ3v) is 4.08. The summed E-state index contributed by atoms with van der Waals surface area (Å²) in [5.41, 5.74) is 3.55. The number of imidazole rings is 1. The molecular formula is C13H21Cl2N5OS. The zero-order valence-electron chi connectivity index (χ0n) is 12.7.